The molecule has 0 spiro atoms. The number of fused-ring (bicyclic) bond motifs is 6. The molecule has 0 unspecified atom stereocenters. The fraction of sp³-hybridized carbons (Fsp3) is 0.0455. The van der Waals surface area contributed by atoms with E-state index in [2.05, 4.69) is 168 Å². The number of ether oxygens (including phenoxy) is 1. The van der Waals surface area contributed by atoms with Gasteiger partial charge < -0.3 is 9.30 Å². The van der Waals surface area contributed by atoms with Crippen molar-refractivity contribution in [2.45, 2.75) is 13.2 Å². The van der Waals surface area contributed by atoms with Crippen molar-refractivity contribution in [3.8, 4) is 50.2 Å². The summed E-state index contributed by atoms with van der Waals surface area (Å²) in [6.07, 6.45) is 0. The van der Waals surface area contributed by atoms with Gasteiger partial charge in [-0.1, -0.05) is 115 Å². The molecule has 1 aliphatic heterocycles. The summed E-state index contributed by atoms with van der Waals surface area (Å²) >= 11 is 0. The fourth-order valence-electron chi connectivity index (χ4n) is 7.10. The van der Waals surface area contributed by atoms with E-state index in [0.717, 1.165) is 5.69 Å². The largest absolute Gasteiger partial charge is 0.372 e. The molecule has 1 aliphatic rings. The van der Waals surface area contributed by atoms with Crippen molar-refractivity contribution in [2.75, 3.05) is 0 Å². The molecular formula is C44H31NO. The highest BCUT2D eigenvalue weighted by Gasteiger charge is 2.19. The molecule has 7 aromatic carbocycles. The first-order valence-corrected chi connectivity index (χ1v) is 15.9. The van der Waals surface area contributed by atoms with Crippen LogP contribution in [-0.2, 0) is 18.0 Å². The second-order valence-electron chi connectivity index (χ2n) is 12.1. The maximum atomic E-state index is 6.29. The van der Waals surface area contributed by atoms with Crippen molar-refractivity contribution < 1.29 is 4.74 Å². The van der Waals surface area contributed by atoms with Crippen molar-refractivity contribution in [2.24, 2.45) is 0 Å². The van der Waals surface area contributed by atoms with Crippen LogP contribution < -0.4 is 0 Å². The lowest BCUT2D eigenvalue weighted by atomic mass is 9.90. The molecule has 218 valence electrons. The van der Waals surface area contributed by atoms with E-state index in [1.54, 1.807) is 0 Å². The van der Waals surface area contributed by atoms with Crippen LogP contribution in [0.15, 0.2) is 164 Å². The second kappa shape index (κ2) is 11.0. The summed E-state index contributed by atoms with van der Waals surface area (Å²) < 4.78 is 8.68. The molecule has 2 heterocycles. The molecule has 46 heavy (non-hydrogen) atoms. The highest BCUT2D eigenvalue weighted by molar-refractivity contribution is 6.09. The average molecular weight is 590 g/mol. The van der Waals surface area contributed by atoms with Gasteiger partial charge in [0.1, 0.15) is 0 Å². The minimum absolute atomic E-state index is 0.576. The summed E-state index contributed by atoms with van der Waals surface area (Å²) in [6, 6.07) is 59.4. The van der Waals surface area contributed by atoms with E-state index in [1.807, 2.05) is 0 Å². The third kappa shape index (κ3) is 4.54. The van der Waals surface area contributed by atoms with Crippen LogP contribution >= 0.6 is 0 Å². The zero-order valence-electron chi connectivity index (χ0n) is 25.4. The van der Waals surface area contributed by atoms with Crippen molar-refractivity contribution in [1.29, 1.82) is 0 Å². The number of benzene rings is 7. The Morgan fingerprint density at radius 1 is 0.370 bits per heavy atom. The number of rotatable bonds is 4. The number of nitrogens with zero attached hydrogens (tertiary/aromatic N) is 1. The predicted molar refractivity (Wildman–Crippen MR) is 191 cm³/mol. The van der Waals surface area contributed by atoms with Crippen LogP contribution in [0.2, 0.25) is 0 Å². The van der Waals surface area contributed by atoms with Crippen LogP contribution in [0.3, 0.4) is 0 Å². The lowest BCUT2D eigenvalue weighted by Crippen LogP contribution is -1.97. The fourth-order valence-corrected chi connectivity index (χ4v) is 7.10. The quantitative estimate of drug-likeness (QED) is 0.199. The highest BCUT2D eigenvalue weighted by atomic mass is 16.5. The first kappa shape index (κ1) is 26.7. The van der Waals surface area contributed by atoms with Gasteiger partial charge in [-0.25, -0.2) is 0 Å². The molecule has 0 saturated heterocycles. The van der Waals surface area contributed by atoms with Crippen LogP contribution in [0.25, 0.3) is 72.0 Å². The van der Waals surface area contributed by atoms with E-state index in [9.17, 15) is 0 Å². The standard InChI is InChI=1S/C44H31NO/c1-3-11-30(12-4-1)34-24-35(31-13-5-2-6-14-31)26-36(25-34)32-20-22-39-37(23-32)29-46-28-33-19-21-38(27-42(33)39)45-43-17-9-7-15-40(43)41-16-8-10-18-44(41)45/h1-27H,28-29H2. The molecule has 9 rings (SSSR count). The van der Waals surface area contributed by atoms with Crippen LogP contribution in [0.5, 0.6) is 0 Å². The minimum Gasteiger partial charge on any atom is -0.372 e. The van der Waals surface area contributed by atoms with Gasteiger partial charge in [-0.15, -0.1) is 0 Å². The van der Waals surface area contributed by atoms with E-state index in [1.165, 1.54) is 77.4 Å². The van der Waals surface area contributed by atoms with Gasteiger partial charge >= 0.3 is 0 Å². The van der Waals surface area contributed by atoms with Gasteiger partial charge in [-0.3, -0.25) is 0 Å². The van der Waals surface area contributed by atoms with E-state index in [4.69, 9.17) is 4.74 Å². The first-order chi connectivity index (χ1) is 22.8. The normalized spacial score (nSPS) is 12.5. The third-order valence-corrected chi connectivity index (χ3v) is 9.32. The van der Waals surface area contributed by atoms with Gasteiger partial charge in [0.05, 0.1) is 24.2 Å². The number of hydrogen-bond acceptors (Lipinski definition) is 1. The summed E-state index contributed by atoms with van der Waals surface area (Å²) in [6.45, 7) is 1.17. The topological polar surface area (TPSA) is 14.2 Å². The SMILES string of the molecule is c1ccc(-c2cc(-c3ccccc3)cc(-c3ccc4c(c3)COCc3ccc(-n5c6ccccc6c6ccccc65)cc3-4)c2)cc1. The van der Waals surface area contributed by atoms with Gasteiger partial charge in [-0.2, -0.15) is 0 Å². The van der Waals surface area contributed by atoms with Crippen LogP contribution in [-0.4, -0.2) is 4.57 Å². The van der Waals surface area contributed by atoms with Gasteiger partial charge in [0, 0.05) is 16.5 Å². The lowest BCUT2D eigenvalue weighted by Gasteiger charge is -2.15. The lowest BCUT2D eigenvalue weighted by molar-refractivity contribution is 0.110. The number of para-hydroxylation sites is 2. The molecule has 2 heteroatoms. The summed E-state index contributed by atoms with van der Waals surface area (Å²) in [5, 5.41) is 2.54. The Hall–Kier alpha value is -5.70. The summed E-state index contributed by atoms with van der Waals surface area (Å²) in [4.78, 5) is 0. The molecule has 8 aromatic rings. The second-order valence-corrected chi connectivity index (χ2v) is 12.1. The van der Waals surface area contributed by atoms with Gasteiger partial charge in [0.15, 0.2) is 0 Å². The monoisotopic (exact) mass is 589 g/mol. The van der Waals surface area contributed by atoms with Crippen molar-refractivity contribution in [1.82, 2.24) is 4.57 Å². The molecule has 1 aromatic heterocycles. The van der Waals surface area contributed by atoms with Gasteiger partial charge in [0.25, 0.3) is 0 Å². The maximum Gasteiger partial charge on any atom is 0.0727 e. The van der Waals surface area contributed by atoms with Gasteiger partial charge in [-0.05, 0) is 104 Å². The van der Waals surface area contributed by atoms with E-state index in [0.29, 0.717) is 13.2 Å². The van der Waals surface area contributed by atoms with E-state index < -0.39 is 0 Å². The Labute approximate surface area is 268 Å². The summed E-state index contributed by atoms with van der Waals surface area (Å²) in [7, 11) is 0. The molecular weight excluding hydrogens is 558 g/mol. The summed E-state index contributed by atoms with van der Waals surface area (Å²) in [5.74, 6) is 0. The summed E-state index contributed by atoms with van der Waals surface area (Å²) in [5.41, 5.74) is 15.7. The maximum absolute atomic E-state index is 6.29. The van der Waals surface area contributed by atoms with Crippen LogP contribution in [0, 0.1) is 0 Å². The zero-order valence-corrected chi connectivity index (χ0v) is 25.4. The van der Waals surface area contributed by atoms with E-state index >= 15 is 0 Å². The minimum atomic E-state index is 0.576. The Bertz CT molecular complexity index is 2270. The molecule has 0 atom stereocenters. The van der Waals surface area contributed by atoms with Gasteiger partial charge in [0.2, 0.25) is 0 Å². The number of aromatic nitrogens is 1. The van der Waals surface area contributed by atoms with Crippen LogP contribution in [0.1, 0.15) is 11.1 Å². The van der Waals surface area contributed by atoms with E-state index in [-0.39, 0.29) is 0 Å². The molecule has 0 bridgehead atoms. The first-order valence-electron chi connectivity index (χ1n) is 15.9. The molecule has 0 N–H and O–H groups in total. The van der Waals surface area contributed by atoms with Crippen molar-refractivity contribution in [3.05, 3.63) is 175 Å². The molecule has 2 nitrogen and oxygen atoms in total. The Kier molecular flexibility index (Phi) is 6.40. The molecule has 0 aliphatic carbocycles. The Morgan fingerprint density at radius 2 is 0.913 bits per heavy atom. The zero-order chi connectivity index (χ0) is 30.5. The highest BCUT2D eigenvalue weighted by Crippen LogP contribution is 2.39. The van der Waals surface area contributed by atoms with Crippen LogP contribution in [0.4, 0.5) is 0 Å². The molecule has 0 amide bonds. The Balaban J connectivity index is 1.18. The smallest absolute Gasteiger partial charge is 0.0727 e. The van der Waals surface area contributed by atoms with Crippen molar-refractivity contribution >= 4 is 21.8 Å². The average Bonchev–Trinajstić information content (AvgIpc) is 3.35. The Morgan fingerprint density at radius 3 is 1.54 bits per heavy atom. The molecule has 0 radical (unpaired) electrons. The number of hydrogen-bond donors (Lipinski definition) is 0. The predicted octanol–water partition coefficient (Wildman–Crippen LogP) is 11.5. The third-order valence-electron chi connectivity index (χ3n) is 9.32. The molecule has 0 saturated carbocycles. The molecule has 0 fully saturated rings. The van der Waals surface area contributed by atoms with Crippen molar-refractivity contribution in [3.63, 3.8) is 0 Å².